The molecule has 0 aliphatic heterocycles. The van der Waals surface area contributed by atoms with Crippen LogP contribution in [0, 0.1) is 5.92 Å². The van der Waals surface area contributed by atoms with E-state index in [9.17, 15) is 5.11 Å². The predicted molar refractivity (Wildman–Crippen MR) is 55.8 cm³/mol. The minimum absolute atomic E-state index is 0.168. The van der Waals surface area contributed by atoms with E-state index in [1.54, 1.807) is 13.8 Å². The van der Waals surface area contributed by atoms with Gasteiger partial charge in [0.25, 0.3) is 0 Å². The fourth-order valence-corrected chi connectivity index (χ4v) is 0.745. The first kappa shape index (κ1) is 12.9. The molecule has 0 fully saturated rings. The molecule has 0 radical (unpaired) electrons. The van der Waals surface area contributed by atoms with E-state index in [2.05, 4.69) is 13.8 Å². The Balaban J connectivity index is 4.34. The average molecular weight is 188 g/mol. The zero-order chi connectivity index (χ0) is 10.9. The van der Waals surface area contributed by atoms with E-state index in [4.69, 9.17) is 4.74 Å². The average Bonchev–Trinajstić information content (AvgIpc) is 1.83. The van der Waals surface area contributed by atoms with Crippen molar-refractivity contribution in [2.45, 2.75) is 65.8 Å². The number of hydrogen-bond acceptors (Lipinski definition) is 2. The predicted octanol–water partition coefficient (Wildman–Crippen LogP) is 2.60. The highest BCUT2D eigenvalue weighted by Crippen LogP contribution is 2.27. The van der Waals surface area contributed by atoms with E-state index in [0.29, 0.717) is 5.92 Å². The summed E-state index contributed by atoms with van der Waals surface area (Å²) in [5.74, 6) is 0.474. The Morgan fingerprint density at radius 2 is 1.38 bits per heavy atom. The molecule has 0 aliphatic rings. The molecule has 13 heavy (non-hydrogen) atoms. The molecule has 0 aromatic carbocycles. The van der Waals surface area contributed by atoms with E-state index in [1.807, 2.05) is 20.8 Å². The van der Waals surface area contributed by atoms with Gasteiger partial charge < -0.3 is 9.84 Å². The molecule has 0 amide bonds. The maximum Gasteiger partial charge on any atom is 0.0910 e. The second kappa shape index (κ2) is 3.97. The normalized spacial score (nSPS) is 16.4. The van der Waals surface area contributed by atoms with Gasteiger partial charge in [-0.15, -0.1) is 0 Å². The number of aliphatic hydroxyl groups is 1. The number of ether oxygens (including phenoxy) is 1. The van der Waals surface area contributed by atoms with Crippen LogP contribution in [0.15, 0.2) is 0 Å². The van der Waals surface area contributed by atoms with Crippen LogP contribution in [0.1, 0.15) is 48.5 Å². The Bertz CT molecular complexity index is 154. The van der Waals surface area contributed by atoms with Gasteiger partial charge in [-0.3, -0.25) is 0 Å². The Morgan fingerprint density at radius 3 is 1.62 bits per heavy atom. The van der Waals surface area contributed by atoms with Crippen LogP contribution in [0.25, 0.3) is 0 Å². The van der Waals surface area contributed by atoms with Gasteiger partial charge in [-0.25, -0.2) is 0 Å². The largest absolute Gasteiger partial charge is 0.387 e. The van der Waals surface area contributed by atoms with Crippen LogP contribution >= 0.6 is 0 Å². The van der Waals surface area contributed by atoms with Crippen molar-refractivity contribution in [1.82, 2.24) is 0 Å². The second-order valence-corrected chi connectivity index (χ2v) is 5.14. The van der Waals surface area contributed by atoms with Crippen molar-refractivity contribution >= 4 is 0 Å². The van der Waals surface area contributed by atoms with Crippen LogP contribution in [0.4, 0.5) is 0 Å². The van der Waals surface area contributed by atoms with Gasteiger partial charge in [0.15, 0.2) is 0 Å². The van der Waals surface area contributed by atoms with Crippen LogP contribution in [-0.2, 0) is 4.74 Å². The molecule has 1 unspecified atom stereocenters. The molecule has 1 atom stereocenters. The maximum atomic E-state index is 9.85. The number of hydrogen-bond donors (Lipinski definition) is 1. The van der Waals surface area contributed by atoms with Crippen molar-refractivity contribution in [3.8, 4) is 0 Å². The lowest BCUT2D eigenvalue weighted by Gasteiger charge is -2.40. The van der Waals surface area contributed by atoms with Crippen LogP contribution in [0.2, 0.25) is 0 Å². The number of rotatable bonds is 4. The Morgan fingerprint density at radius 1 is 1.00 bits per heavy atom. The lowest BCUT2D eigenvalue weighted by Crippen LogP contribution is -2.49. The molecule has 2 nitrogen and oxygen atoms in total. The Kier molecular flexibility index (Phi) is 3.95. The van der Waals surface area contributed by atoms with Gasteiger partial charge in [0.2, 0.25) is 0 Å². The molecule has 0 aromatic heterocycles. The second-order valence-electron chi connectivity index (χ2n) is 5.14. The molecule has 0 spiro atoms. The summed E-state index contributed by atoms with van der Waals surface area (Å²) in [4.78, 5) is 0. The van der Waals surface area contributed by atoms with Gasteiger partial charge >= 0.3 is 0 Å². The molecule has 0 aromatic rings. The molecular weight excluding hydrogens is 164 g/mol. The van der Waals surface area contributed by atoms with Gasteiger partial charge in [-0.2, -0.15) is 0 Å². The van der Waals surface area contributed by atoms with Crippen molar-refractivity contribution < 1.29 is 9.84 Å². The fourth-order valence-electron chi connectivity index (χ4n) is 0.745. The zero-order valence-electron chi connectivity index (χ0n) is 10.0. The Hall–Kier alpha value is -0.0800. The van der Waals surface area contributed by atoms with Gasteiger partial charge in [0, 0.05) is 0 Å². The minimum Gasteiger partial charge on any atom is -0.387 e. The Labute approximate surface area is 82.3 Å². The monoisotopic (exact) mass is 188 g/mol. The molecule has 80 valence electrons. The SMILES string of the molecule is CC(C)C(C)OC(C)(C)C(C)(C)O. The first-order valence-electron chi connectivity index (χ1n) is 4.98. The van der Waals surface area contributed by atoms with E-state index >= 15 is 0 Å². The smallest absolute Gasteiger partial charge is 0.0910 e. The van der Waals surface area contributed by atoms with Crippen LogP contribution in [0.3, 0.4) is 0 Å². The molecule has 0 saturated heterocycles. The third-order valence-electron chi connectivity index (χ3n) is 2.89. The summed E-state index contributed by atoms with van der Waals surface area (Å²) < 4.78 is 5.81. The minimum atomic E-state index is -0.809. The summed E-state index contributed by atoms with van der Waals surface area (Å²) in [5, 5.41) is 9.85. The van der Waals surface area contributed by atoms with Gasteiger partial charge in [-0.05, 0) is 40.5 Å². The molecule has 0 saturated carbocycles. The zero-order valence-corrected chi connectivity index (χ0v) is 10.0. The molecule has 2 heteroatoms. The molecular formula is C11H24O2. The third kappa shape index (κ3) is 3.65. The lowest BCUT2D eigenvalue weighted by molar-refractivity contribution is -0.178. The quantitative estimate of drug-likeness (QED) is 0.735. The summed E-state index contributed by atoms with van der Waals surface area (Å²) >= 11 is 0. The van der Waals surface area contributed by atoms with E-state index < -0.39 is 11.2 Å². The summed E-state index contributed by atoms with van der Waals surface area (Å²) in [6.45, 7) is 13.7. The third-order valence-corrected chi connectivity index (χ3v) is 2.89. The standard InChI is InChI=1S/C11H24O2/c1-8(2)9(3)13-11(6,7)10(4,5)12/h8-9,12H,1-7H3. The van der Waals surface area contributed by atoms with Crippen molar-refractivity contribution in [1.29, 1.82) is 0 Å². The highest BCUT2D eigenvalue weighted by Gasteiger charge is 2.37. The molecule has 0 aliphatic carbocycles. The highest BCUT2D eigenvalue weighted by atomic mass is 16.5. The first-order chi connectivity index (χ1) is 5.58. The van der Waals surface area contributed by atoms with Crippen LogP contribution in [-0.4, -0.2) is 22.4 Å². The molecule has 1 N–H and O–H groups in total. The van der Waals surface area contributed by atoms with E-state index in [1.165, 1.54) is 0 Å². The highest BCUT2D eigenvalue weighted by molar-refractivity contribution is 4.88. The molecule has 0 bridgehead atoms. The summed E-state index contributed by atoms with van der Waals surface area (Å²) in [7, 11) is 0. The summed E-state index contributed by atoms with van der Waals surface area (Å²) in [6, 6.07) is 0. The first-order valence-corrected chi connectivity index (χ1v) is 4.98. The van der Waals surface area contributed by atoms with Crippen molar-refractivity contribution in [3.05, 3.63) is 0 Å². The van der Waals surface area contributed by atoms with Gasteiger partial charge in [0.1, 0.15) is 0 Å². The summed E-state index contributed by atoms with van der Waals surface area (Å²) in [5.41, 5.74) is -1.31. The van der Waals surface area contributed by atoms with Crippen LogP contribution < -0.4 is 0 Å². The van der Waals surface area contributed by atoms with E-state index in [0.717, 1.165) is 0 Å². The summed E-state index contributed by atoms with van der Waals surface area (Å²) in [6.07, 6.45) is 0.168. The van der Waals surface area contributed by atoms with E-state index in [-0.39, 0.29) is 6.10 Å². The fraction of sp³-hybridized carbons (Fsp3) is 1.00. The van der Waals surface area contributed by atoms with Gasteiger partial charge in [0.05, 0.1) is 17.3 Å². The lowest BCUT2D eigenvalue weighted by atomic mass is 9.89. The van der Waals surface area contributed by atoms with Crippen molar-refractivity contribution in [3.63, 3.8) is 0 Å². The molecule has 0 heterocycles. The van der Waals surface area contributed by atoms with Gasteiger partial charge in [-0.1, -0.05) is 13.8 Å². The maximum absolute atomic E-state index is 9.85. The van der Waals surface area contributed by atoms with Crippen LogP contribution in [0.5, 0.6) is 0 Å². The topological polar surface area (TPSA) is 29.5 Å². The molecule has 0 rings (SSSR count). The van der Waals surface area contributed by atoms with Crippen molar-refractivity contribution in [2.24, 2.45) is 5.92 Å². The van der Waals surface area contributed by atoms with Crippen molar-refractivity contribution in [2.75, 3.05) is 0 Å².